The molecule has 3 heteroatoms. The molecule has 2 rings (SSSR count). The van der Waals surface area contributed by atoms with Crippen LogP contribution in [-0.4, -0.2) is 26.2 Å². The second-order valence-corrected chi connectivity index (χ2v) is 5.00. The highest BCUT2D eigenvalue weighted by molar-refractivity contribution is 5.78. The van der Waals surface area contributed by atoms with Crippen molar-refractivity contribution in [1.29, 1.82) is 0 Å². The predicted octanol–water partition coefficient (Wildman–Crippen LogP) is 2.25. The molecule has 3 nitrogen and oxygen atoms in total. The Labute approximate surface area is 109 Å². The van der Waals surface area contributed by atoms with Gasteiger partial charge in [0.2, 0.25) is 0 Å². The van der Waals surface area contributed by atoms with Gasteiger partial charge in [-0.2, -0.15) is 0 Å². The SMILES string of the molecule is COC(=O)C(c1ccc(C)cc1)C1CCNCC1. The third-order valence-electron chi connectivity index (χ3n) is 3.75. The second kappa shape index (κ2) is 6.01. The highest BCUT2D eigenvalue weighted by Crippen LogP contribution is 2.32. The minimum atomic E-state index is -0.113. The number of nitrogens with one attached hydrogen (secondary N) is 1. The number of hydrogen-bond donors (Lipinski definition) is 1. The normalized spacial score (nSPS) is 18.3. The van der Waals surface area contributed by atoms with E-state index in [1.807, 2.05) is 0 Å². The molecule has 1 N–H and O–H groups in total. The van der Waals surface area contributed by atoms with Crippen molar-refractivity contribution in [2.75, 3.05) is 20.2 Å². The lowest BCUT2D eigenvalue weighted by atomic mass is 9.80. The lowest BCUT2D eigenvalue weighted by molar-refractivity contribution is -0.144. The van der Waals surface area contributed by atoms with E-state index in [-0.39, 0.29) is 11.9 Å². The molecule has 1 saturated heterocycles. The first kappa shape index (κ1) is 13.1. The fourth-order valence-electron chi connectivity index (χ4n) is 2.68. The van der Waals surface area contributed by atoms with Crippen LogP contribution in [0.25, 0.3) is 0 Å². The van der Waals surface area contributed by atoms with Gasteiger partial charge < -0.3 is 10.1 Å². The smallest absolute Gasteiger partial charge is 0.313 e. The summed E-state index contributed by atoms with van der Waals surface area (Å²) in [5.74, 6) is 0.171. The van der Waals surface area contributed by atoms with Gasteiger partial charge in [0.1, 0.15) is 0 Å². The zero-order valence-corrected chi connectivity index (χ0v) is 11.1. The lowest BCUT2D eigenvalue weighted by Crippen LogP contribution is -2.34. The quantitative estimate of drug-likeness (QED) is 0.833. The van der Waals surface area contributed by atoms with Gasteiger partial charge in [-0.25, -0.2) is 0 Å². The van der Waals surface area contributed by atoms with Crippen molar-refractivity contribution in [3.63, 3.8) is 0 Å². The maximum absolute atomic E-state index is 12.1. The van der Waals surface area contributed by atoms with Crippen LogP contribution in [0.4, 0.5) is 0 Å². The third-order valence-corrected chi connectivity index (χ3v) is 3.75. The second-order valence-electron chi connectivity index (χ2n) is 5.00. The van der Waals surface area contributed by atoms with Crippen LogP contribution in [0.2, 0.25) is 0 Å². The van der Waals surface area contributed by atoms with Crippen LogP contribution < -0.4 is 5.32 Å². The van der Waals surface area contributed by atoms with Gasteiger partial charge in [0.15, 0.2) is 0 Å². The van der Waals surface area contributed by atoms with Crippen LogP contribution in [0, 0.1) is 12.8 Å². The Bertz CT molecular complexity index is 393. The summed E-state index contributed by atoms with van der Waals surface area (Å²) >= 11 is 0. The van der Waals surface area contributed by atoms with Crippen molar-refractivity contribution in [2.45, 2.75) is 25.7 Å². The molecule has 0 aromatic heterocycles. The molecule has 1 aromatic rings. The van der Waals surface area contributed by atoms with E-state index < -0.39 is 0 Å². The first-order valence-corrected chi connectivity index (χ1v) is 6.57. The highest BCUT2D eigenvalue weighted by atomic mass is 16.5. The number of aryl methyl sites for hydroxylation is 1. The molecule has 1 unspecified atom stereocenters. The van der Waals surface area contributed by atoms with E-state index in [4.69, 9.17) is 4.74 Å². The number of rotatable bonds is 3. The summed E-state index contributed by atoms with van der Waals surface area (Å²) in [5, 5.41) is 3.33. The maximum Gasteiger partial charge on any atom is 0.313 e. The average molecular weight is 247 g/mol. The standard InChI is InChI=1S/C15H21NO2/c1-11-3-5-12(6-4-11)14(15(17)18-2)13-7-9-16-10-8-13/h3-6,13-14,16H,7-10H2,1-2H3. The zero-order chi connectivity index (χ0) is 13.0. The van der Waals surface area contributed by atoms with Crippen molar-refractivity contribution < 1.29 is 9.53 Å². The lowest BCUT2D eigenvalue weighted by Gasteiger charge is -2.29. The molecule has 1 aliphatic heterocycles. The molecule has 1 atom stereocenters. The van der Waals surface area contributed by atoms with E-state index in [9.17, 15) is 4.79 Å². The summed E-state index contributed by atoms with van der Waals surface area (Å²) in [6.07, 6.45) is 2.07. The van der Waals surface area contributed by atoms with Gasteiger partial charge in [0.25, 0.3) is 0 Å². The first-order valence-electron chi connectivity index (χ1n) is 6.57. The number of carbonyl (C=O) groups is 1. The summed E-state index contributed by atoms with van der Waals surface area (Å²) in [5.41, 5.74) is 2.30. The molecule has 0 amide bonds. The largest absolute Gasteiger partial charge is 0.469 e. The Morgan fingerprint density at radius 3 is 2.44 bits per heavy atom. The molecule has 0 saturated carbocycles. The van der Waals surface area contributed by atoms with E-state index in [1.54, 1.807) is 0 Å². The Morgan fingerprint density at radius 2 is 1.89 bits per heavy atom. The summed E-state index contributed by atoms with van der Waals surface area (Å²) in [6, 6.07) is 8.23. The Hall–Kier alpha value is -1.35. The van der Waals surface area contributed by atoms with Crippen LogP contribution in [-0.2, 0) is 9.53 Å². The molecule has 1 aromatic carbocycles. The van der Waals surface area contributed by atoms with Crippen LogP contribution in [0.3, 0.4) is 0 Å². The minimum Gasteiger partial charge on any atom is -0.469 e. The number of hydrogen-bond acceptors (Lipinski definition) is 3. The van der Waals surface area contributed by atoms with E-state index in [0.29, 0.717) is 5.92 Å². The first-order chi connectivity index (χ1) is 8.72. The predicted molar refractivity (Wildman–Crippen MR) is 71.5 cm³/mol. The van der Waals surface area contributed by atoms with Gasteiger partial charge in [-0.05, 0) is 44.3 Å². The zero-order valence-electron chi connectivity index (χ0n) is 11.1. The average Bonchev–Trinajstić information content (AvgIpc) is 2.42. The monoisotopic (exact) mass is 247 g/mol. The molecule has 98 valence electrons. The molecule has 1 fully saturated rings. The van der Waals surface area contributed by atoms with Gasteiger partial charge in [0, 0.05) is 0 Å². The summed E-state index contributed by atoms with van der Waals surface area (Å²) in [6.45, 7) is 4.04. The van der Waals surface area contributed by atoms with E-state index in [1.165, 1.54) is 12.7 Å². The molecule has 1 heterocycles. The number of carbonyl (C=O) groups excluding carboxylic acids is 1. The van der Waals surface area contributed by atoms with E-state index in [0.717, 1.165) is 31.5 Å². The fraction of sp³-hybridized carbons (Fsp3) is 0.533. The molecule has 18 heavy (non-hydrogen) atoms. The molecule has 0 aliphatic carbocycles. The summed E-state index contributed by atoms with van der Waals surface area (Å²) in [4.78, 5) is 12.1. The van der Waals surface area contributed by atoms with Crippen molar-refractivity contribution in [3.8, 4) is 0 Å². The third kappa shape index (κ3) is 2.91. The minimum absolute atomic E-state index is 0.106. The number of methoxy groups -OCH3 is 1. The summed E-state index contributed by atoms with van der Waals surface area (Å²) < 4.78 is 4.99. The fourth-order valence-corrected chi connectivity index (χ4v) is 2.68. The number of ether oxygens (including phenoxy) is 1. The van der Waals surface area contributed by atoms with Crippen LogP contribution in [0.5, 0.6) is 0 Å². The number of piperidine rings is 1. The van der Waals surface area contributed by atoms with Crippen LogP contribution >= 0.6 is 0 Å². The van der Waals surface area contributed by atoms with E-state index >= 15 is 0 Å². The van der Waals surface area contributed by atoms with Crippen molar-refractivity contribution >= 4 is 5.97 Å². The number of esters is 1. The molecule has 0 spiro atoms. The van der Waals surface area contributed by atoms with E-state index in [2.05, 4.69) is 36.5 Å². The molecular formula is C15H21NO2. The van der Waals surface area contributed by atoms with Gasteiger partial charge in [-0.1, -0.05) is 29.8 Å². The highest BCUT2D eigenvalue weighted by Gasteiger charge is 2.31. The number of benzene rings is 1. The maximum atomic E-state index is 12.1. The molecule has 0 radical (unpaired) electrons. The Balaban J connectivity index is 2.23. The van der Waals surface area contributed by atoms with Crippen molar-refractivity contribution in [1.82, 2.24) is 5.32 Å². The molecule has 0 bridgehead atoms. The molecular weight excluding hydrogens is 226 g/mol. The molecule has 1 aliphatic rings. The van der Waals surface area contributed by atoms with Crippen molar-refractivity contribution in [2.24, 2.45) is 5.92 Å². The van der Waals surface area contributed by atoms with Gasteiger partial charge in [-0.15, -0.1) is 0 Å². The van der Waals surface area contributed by atoms with Crippen LogP contribution in [0.1, 0.15) is 29.9 Å². The Morgan fingerprint density at radius 1 is 1.28 bits per heavy atom. The Kier molecular flexibility index (Phi) is 4.37. The van der Waals surface area contributed by atoms with Gasteiger partial charge in [0.05, 0.1) is 13.0 Å². The van der Waals surface area contributed by atoms with Gasteiger partial charge in [-0.3, -0.25) is 4.79 Å². The van der Waals surface area contributed by atoms with Crippen molar-refractivity contribution in [3.05, 3.63) is 35.4 Å². The van der Waals surface area contributed by atoms with Gasteiger partial charge >= 0.3 is 5.97 Å². The van der Waals surface area contributed by atoms with Crippen LogP contribution in [0.15, 0.2) is 24.3 Å². The topological polar surface area (TPSA) is 38.3 Å². The summed E-state index contributed by atoms with van der Waals surface area (Å²) in [7, 11) is 1.48.